The SMILES string of the molecule is CCCCCCCCCCCCN(Cc1ccccc1)C(C)O. The molecular weight excluding hydrogens is 282 g/mol. The number of nitrogens with zero attached hydrogens (tertiary/aromatic N) is 1. The molecule has 1 aromatic carbocycles. The number of hydrogen-bond acceptors (Lipinski definition) is 2. The van der Waals surface area contributed by atoms with Crippen molar-refractivity contribution in [3.05, 3.63) is 35.9 Å². The maximum absolute atomic E-state index is 9.94. The molecule has 0 radical (unpaired) electrons. The highest BCUT2D eigenvalue weighted by Crippen LogP contribution is 2.12. The van der Waals surface area contributed by atoms with E-state index in [0.29, 0.717) is 0 Å². The standard InChI is InChI=1S/C21H37NO/c1-3-4-5-6-7-8-9-10-11-15-18-22(20(2)23)19-21-16-13-12-14-17-21/h12-14,16-17,20,23H,3-11,15,18-19H2,1-2H3. The van der Waals surface area contributed by atoms with E-state index in [-0.39, 0.29) is 6.23 Å². The summed E-state index contributed by atoms with van der Waals surface area (Å²) in [5.74, 6) is 0. The van der Waals surface area contributed by atoms with Crippen LogP contribution in [0.5, 0.6) is 0 Å². The van der Waals surface area contributed by atoms with Gasteiger partial charge in [0.1, 0.15) is 6.23 Å². The van der Waals surface area contributed by atoms with Gasteiger partial charge in [-0.25, -0.2) is 0 Å². The predicted octanol–water partition coefficient (Wildman–Crippen LogP) is 5.75. The van der Waals surface area contributed by atoms with Gasteiger partial charge in [0.25, 0.3) is 0 Å². The summed E-state index contributed by atoms with van der Waals surface area (Å²) in [5.41, 5.74) is 1.28. The average molecular weight is 320 g/mol. The van der Waals surface area contributed by atoms with Gasteiger partial charge in [-0.1, -0.05) is 95.0 Å². The summed E-state index contributed by atoms with van der Waals surface area (Å²) in [7, 11) is 0. The van der Waals surface area contributed by atoms with E-state index in [1.165, 1.54) is 69.8 Å². The Morgan fingerprint density at radius 1 is 0.826 bits per heavy atom. The third-order valence-electron chi connectivity index (χ3n) is 4.56. The molecular formula is C21H37NO. The molecule has 0 saturated heterocycles. The Morgan fingerprint density at radius 2 is 1.35 bits per heavy atom. The number of hydrogen-bond donors (Lipinski definition) is 1. The van der Waals surface area contributed by atoms with Crippen molar-refractivity contribution < 1.29 is 5.11 Å². The Balaban J connectivity index is 2.05. The molecule has 0 spiro atoms. The normalized spacial score (nSPS) is 12.7. The highest BCUT2D eigenvalue weighted by molar-refractivity contribution is 5.14. The molecule has 0 aliphatic carbocycles. The first kappa shape index (κ1) is 20.2. The second kappa shape index (κ2) is 13.6. The van der Waals surface area contributed by atoms with Gasteiger partial charge in [-0.15, -0.1) is 0 Å². The Hall–Kier alpha value is -0.860. The van der Waals surface area contributed by atoms with Crippen LogP contribution in [0.2, 0.25) is 0 Å². The van der Waals surface area contributed by atoms with Crippen molar-refractivity contribution in [1.82, 2.24) is 4.90 Å². The van der Waals surface area contributed by atoms with E-state index < -0.39 is 0 Å². The molecule has 0 bridgehead atoms. The Morgan fingerprint density at radius 3 is 1.87 bits per heavy atom. The molecule has 132 valence electrons. The van der Waals surface area contributed by atoms with Gasteiger partial charge in [-0.2, -0.15) is 0 Å². The smallest absolute Gasteiger partial charge is 0.104 e. The summed E-state index contributed by atoms with van der Waals surface area (Å²) >= 11 is 0. The lowest BCUT2D eigenvalue weighted by atomic mass is 10.1. The van der Waals surface area contributed by atoms with E-state index >= 15 is 0 Å². The molecule has 2 nitrogen and oxygen atoms in total. The van der Waals surface area contributed by atoms with Crippen LogP contribution in [0.25, 0.3) is 0 Å². The van der Waals surface area contributed by atoms with Crippen LogP contribution in [-0.2, 0) is 6.54 Å². The molecule has 0 aliphatic heterocycles. The van der Waals surface area contributed by atoms with Crippen LogP contribution in [0, 0.1) is 0 Å². The van der Waals surface area contributed by atoms with Crippen molar-refractivity contribution in [2.45, 2.75) is 90.8 Å². The van der Waals surface area contributed by atoms with Crippen LogP contribution >= 0.6 is 0 Å². The first-order valence-corrected chi connectivity index (χ1v) is 9.70. The van der Waals surface area contributed by atoms with Crippen molar-refractivity contribution in [1.29, 1.82) is 0 Å². The zero-order valence-corrected chi connectivity index (χ0v) is 15.3. The quantitative estimate of drug-likeness (QED) is 0.349. The third kappa shape index (κ3) is 10.5. The van der Waals surface area contributed by atoms with E-state index in [9.17, 15) is 5.11 Å². The van der Waals surface area contributed by atoms with E-state index in [2.05, 4.69) is 36.1 Å². The Labute approximate surface area is 143 Å². The molecule has 0 aromatic heterocycles. The molecule has 1 rings (SSSR count). The average Bonchev–Trinajstić information content (AvgIpc) is 2.56. The topological polar surface area (TPSA) is 23.5 Å². The van der Waals surface area contributed by atoms with E-state index in [1.54, 1.807) is 0 Å². The number of unbranched alkanes of at least 4 members (excludes halogenated alkanes) is 9. The second-order valence-electron chi connectivity index (χ2n) is 6.77. The lowest BCUT2D eigenvalue weighted by Gasteiger charge is -2.25. The summed E-state index contributed by atoms with van der Waals surface area (Å²) in [6, 6.07) is 10.4. The molecule has 1 atom stereocenters. The Bertz CT molecular complexity index is 363. The molecule has 1 N–H and O–H groups in total. The van der Waals surface area contributed by atoms with Gasteiger partial charge in [0.2, 0.25) is 0 Å². The van der Waals surface area contributed by atoms with Crippen LogP contribution in [0.4, 0.5) is 0 Å². The maximum atomic E-state index is 9.94. The van der Waals surface area contributed by atoms with Crippen LogP contribution in [0.15, 0.2) is 30.3 Å². The fourth-order valence-corrected chi connectivity index (χ4v) is 3.02. The van der Waals surface area contributed by atoms with Gasteiger partial charge in [0.05, 0.1) is 0 Å². The number of rotatable bonds is 14. The summed E-state index contributed by atoms with van der Waals surface area (Å²) < 4.78 is 0. The van der Waals surface area contributed by atoms with Gasteiger partial charge in [0.15, 0.2) is 0 Å². The molecule has 0 heterocycles. The first-order valence-electron chi connectivity index (χ1n) is 9.70. The maximum Gasteiger partial charge on any atom is 0.104 e. The fourth-order valence-electron chi connectivity index (χ4n) is 3.02. The van der Waals surface area contributed by atoms with Crippen molar-refractivity contribution in [2.24, 2.45) is 0 Å². The largest absolute Gasteiger partial charge is 0.379 e. The van der Waals surface area contributed by atoms with Gasteiger partial charge < -0.3 is 5.11 Å². The van der Waals surface area contributed by atoms with Crippen LogP contribution < -0.4 is 0 Å². The fraction of sp³-hybridized carbons (Fsp3) is 0.714. The molecule has 1 unspecified atom stereocenters. The van der Waals surface area contributed by atoms with Crippen molar-refractivity contribution >= 4 is 0 Å². The van der Waals surface area contributed by atoms with Crippen molar-refractivity contribution in [3.63, 3.8) is 0 Å². The van der Waals surface area contributed by atoms with Gasteiger partial charge in [-0.05, 0) is 18.9 Å². The summed E-state index contributed by atoms with van der Waals surface area (Å²) in [4.78, 5) is 2.17. The number of aliphatic hydroxyl groups is 1. The molecule has 0 saturated carbocycles. The molecule has 2 heteroatoms. The van der Waals surface area contributed by atoms with Gasteiger partial charge in [-0.3, -0.25) is 4.90 Å². The minimum atomic E-state index is -0.367. The van der Waals surface area contributed by atoms with Gasteiger partial charge >= 0.3 is 0 Å². The van der Waals surface area contributed by atoms with Gasteiger partial charge in [0, 0.05) is 13.1 Å². The molecule has 0 aliphatic rings. The summed E-state index contributed by atoms with van der Waals surface area (Å²) in [5, 5.41) is 9.94. The van der Waals surface area contributed by atoms with E-state index in [1.807, 2.05) is 13.0 Å². The predicted molar refractivity (Wildman–Crippen MR) is 100 cm³/mol. The highest BCUT2D eigenvalue weighted by atomic mass is 16.3. The zero-order valence-electron chi connectivity index (χ0n) is 15.3. The molecule has 1 aromatic rings. The van der Waals surface area contributed by atoms with Crippen LogP contribution in [0.3, 0.4) is 0 Å². The lowest BCUT2D eigenvalue weighted by Crippen LogP contribution is -2.33. The monoisotopic (exact) mass is 319 g/mol. The molecule has 23 heavy (non-hydrogen) atoms. The minimum Gasteiger partial charge on any atom is -0.379 e. The second-order valence-corrected chi connectivity index (χ2v) is 6.77. The minimum absolute atomic E-state index is 0.367. The van der Waals surface area contributed by atoms with E-state index in [0.717, 1.165) is 13.1 Å². The molecule has 0 amide bonds. The molecule has 0 fully saturated rings. The third-order valence-corrected chi connectivity index (χ3v) is 4.56. The summed E-state index contributed by atoms with van der Waals surface area (Å²) in [6.07, 6.45) is 13.2. The first-order chi connectivity index (χ1) is 11.2. The van der Waals surface area contributed by atoms with Crippen molar-refractivity contribution in [3.8, 4) is 0 Å². The van der Waals surface area contributed by atoms with Crippen LogP contribution in [0.1, 0.15) is 83.6 Å². The highest BCUT2D eigenvalue weighted by Gasteiger charge is 2.10. The number of aliphatic hydroxyl groups excluding tert-OH is 1. The zero-order chi connectivity index (χ0) is 16.8. The Kier molecular flexibility index (Phi) is 11.9. The van der Waals surface area contributed by atoms with Crippen molar-refractivity contribution in [2.75, 3.05) is 6.54 Å². The van der Waals surface area contributed by atoms with Crippen LogP contribution in [-0.4, -0.2) is 22.8 Å². The van der Waals surface area contributed by atoms with E-state index in [4.69, 9.17) is 0 Å². The summed E-state index contributed by atoms with van der Waals surface area (Å²) in [6.45, 7) is 5.98. The lowest BCUT2D eigenvalue weighted by molar-refractivity contribution is 0.0115. The number of benzene rings is 1.